The molecule has 0 saturated heterocycles. The van der Waals surface area contributed by atoms with Crippen LogP contribution >= 0.6 is 0 Å². The van der Waals surface area contributed by atoms with Gasteiger partial charge in [-0.15, -0.1) is 0 Å². The number of hydrogen-bond acceptors (Lipinski definition) is 3. The Hall–Kier alpha value is -0.700. The zero-order valence-electron chi connectivity index (χ0n) is 5.34. The average molecular weight is 127 g/mol. The first-order valence-electron chi connectivity index (χ1n) is 3.08. The number of unbranched alkanes of at least 4 members (excludes halogenated alkanes) is 1. The van der Waals surface area contributed by atoms with E-state index < -0.39 is 0 Å². The highest BCUT2D eigenvalue weighted by atomic mass is 16.7. The standard InChI is InChI=1S/C6H11N2O/c1-2-3-5-8-7-4-6-9-8/h4,6-7H,1-3,5H2. The number of hydrogen-bond donors (Lipinski definition) is 1. The van der Waals surface area contributed by atoms with Crippen LogP contribution in [0.2, 0.25) is 0 Å². The van der Waals surface area contributed by atoms with Crippen molar-refractivity contribution in [2.24, 2.45) is 0 Å². The van der Waals surface area contributed by atoms with Gasteiger partial charge in [0.15, 0.2) is 0 Å². The SMILES string of the molecule is [CH2]CCCN1NC=CO1. The zero-order chi connectivity index (χ0) is 6.53. The van der Waals surface area contributed by atoms with Gasteiger partial charge in [0.25, 0.3) is 0 Å². The van der Waals surface area contributed by atoms with Crippen molar-refractivity contribution in [3.8, 4) is 0 Å². The van der Waals surface area contributed by atoms with Crippen LogP contribution in [0.15, 0.2) is 12.5 Å². The van der Waals surface area contributed by atoms with Crippen LogP contribution in [0, 0.1) is 6.92 Å². The Morgan fingerprint density at radius 1 is 1.67 bits per heavy atom. The Kier molecular flexibility index (Phi) is 2.39. The molecule has 0 aliphatic carbocycles. The highest BCUT2D eigenvalue weighted by molar-refractivity contribution is 4.72. The molecule has 0 aromatic heterocycles. The Labute approximate surface area is 55.2 Å². The van der Waals surface area contributed by atoms with E-state index in [9.17, 15) is 0 Å². The highest BCUT2D eigenvalue weighted by Gasteiger charge is 2.03. The Morgan fingerprint density at radius 3 is 3.11 bits per heavy atom. The minimum atomic E-state index is 0.885. The minimum absolute atomic E-state index is 0.885. The molecule has 0 fully saturated rings. The molecule has 51 valence electrons. The number of nitrogens with one attached hydrogen (secondary N) is 1. The van der Waals surface area contributed by atoms with Crippen molar-refractivity contribution in [2.45, 2.75) is 12.8 Å². The van der Waals surface area contributed by atoms with Gasteiger partial charge in [0.2, 0.25) is 0 Å². The third-order valence-corrected chi connectivity index (χ3v) is 1.09. The summed E-state index contributed by atoms with van der Waals surface area (Å²) in [6, 6.07) is 0. The lowest BCUT2D eigenvalue weighted by molar-refractivity contribution is -0.113. The molecule has 1 rings (SSSR count). The number of nitrogens with zero attached hydrogens (tertiary/aromatic N) is 1. The molecule has 0 aromatic rings. The molecule has 0 atom stereocenters. The van der Waals surface area contributed by atoms with Crippen LogP contribution in [-0.2, 0) is 4.84 Å². The van der Waals surface area contributed by atoms with Crippen molar-refractivity contribution in [1.82, 2.24) is 10.6 Å². The summed E-state index contributed by atoms with van der Waals surface area (Å²) in [5, 5.41) is 1.67. The Balaban J connectivity index is 2.01. The first-order chi connectivity index (χ1) is 4.43. The number of hydroxylamine groups is 1. The Bertz CT molecular complexity index is 95.2. The molecule has 3 nitrogen and oxygen atoms in total. The van der Waals surface area contributed by atoms with Crippen molar-refractivity contribution in [3.63, 3.8) is 0 Å². The summed E-state index contributed by atoms with van der Waals surface area (Å²) in [5.41, 5.74) is 2.89. The maximum absolute atomic E-state index is 4.97. The van der Waals surface area contributed by atoms with Crippen molar-refractivity contribution in [1.29, 1.82) is 0 Å². The van der Waals surface area contributed by atoms with Gasteiger partial charge < -0.3 is 4.84 Å². The van der Waals surface area contributed by atoms with Crippen LogP contribution in [0.25, 0.3) is 0 Å². The van der Waals surface area contributed by atoms with Gasteiger partial charge in [0.1, 0.15) is 6.26 Å². The number of hydrazine groups is 1. The predicted molar refractivity (Wildman–Crippen MR) is 34.7 cm³/mol. The van der Waals surface area contributed by atoms with Gasteiger partial charge in [-0.25, -0.2) is 0 Å². The maximum Gasteiger partial charge on any atom is 0.131 e. The summed E-state index contributed by atoms with van der Waals surface area (Å²) in [5.74, 6) is 0. The third-order valence-electron chi connectivity index (χ3n) is 1.09. The lowest BCUT2D eigenvalue weighted by Gasteiger charge is -2.12. The van der Waals surface area contributed by atoms with E-state index in [4.69, 9.17) is 4.84 Å². The molecule has 3 heteroatoms. The van der Waals surface area contributed by atoms with Gasteiger partial charge in [0.05, 0.1) is 12.7 Å². The van der Waals surface area contributed by atoms with Gasteiger partial charge in [-0.3, -0.25) is 5.43 Å². The van der Waals surface area contributed by atoms with Crippen LogP contribution < -0.4 is 5.43 Å². The summed E-state index contributed by atoms with van der Waals surface area (Å²) in [7, 11) is 0. The van der Waals surface area contributed by atoms with Crippen LogP contribution in [0.4, 0.5) is 0 Å². The van der Waals surface area contributed by atoms with E-state index in [0.717, 1.165) is 19.4 Å². The van der Waals surface area contributed by atoms with Gasteiger partial charge in [-0.05, 0) is 6.42 Å². The quantitative estimate of drug-likeness (QED) is 0.607. The molecule has 0 bridgehead atoms. The molecule has 9 heavy (non-hydrogen) atoms. The summed E-state index contributed by atoms with van der Waals surface area (Å²) in [6.07, 6.45) is 5.36. The van der Waals surface area contributed by atoms with E-state index in [1.165, 1.54) is 0 Å². The van der Waals surface area contributed by atoms with E-state index >= 15 is 0 Å². The van der Waals surface area contributed by atoms with Crippen molar-refractivity contribution in [2.75, 3.05) is 6.54 Å². The molecule has 1 heterocycles. The van der Waals surface area contributed by atoms with Crippen molar-refractivity contribution in [3.05, 3.63) is 19.4 Å². The first kappa shape index (κ1) is 6.42. The van der Waals surface area contributed by atoms with E-state index in [-0.39, 0.29) is 0 Å². The normalized spacial score (nSPS) is 17.4. The third kappa shape index (κ3) is 1.93. The van der Waals surface area contributed by atoms with Crippen LogP contribution in [0.3, 0.4) is 0 Å². The van der Waals surface area contributed by atoms with Crippen LogP contribution in [-0.4, -0.2) is 11.7 Å². The second-order valence-corrected chi connectivity index (χ2v) is 1.85. The van der Waals surface area contributed by atoms with Crippen molar-refractivity contribution < 1.29 is 4.84 Å². The molecule has 0 amide bonds. The predicted octanol–water partition coefficient (Wildman–Crippen LogP) is 0.824. The molecular weight excluding hydrogens is 116 g/mol. The molecular formula is C6H11N2O. The fraction of sp³-hybridized carbons (Fsp3) is 0.500. The van der Waals surface area contributed by atoms with E-state index in [2.05, 4.69) is 12.3 Å². The molecule has 0 spiro atoms. The lowest BCUT2D eigenvalue weighted by Crippen LogP contribution is -2.29. The average Bonchev–Trinajstić information content (AvgIpc) is 2.34. The fourth-order valence-corrected chi connectivity index (χ4v) is 0.621. The second kappa shape index (κ2) is 3.35. The molecule has 0 unspecified atom stereocenters. The molecule has 1 aliphatic heterocycles. The second-order valence-electron chi connectivity index (χ2n) is 1.85. The molecule has 0 aromatic carbocycles. The number of rotatable bonds is 3. The molecule has 1 N–H and O–H groups in total. The van der Waals surface area contributed by atoms with Crippen LogP contribution in [0.1, 0.15) is 12.8 Å². The van der Waals surface area contributed by atoms with E-state index in [1.54, 1.807) is 17.6 Å². The summed E-state index contributed by atoms with van der Waals surface area (Å²) >= 11 is 0. The van der Waals surface area contributed by atoms with Gasteiger partial charge in [0, 0.05) is 0 Å². The monoisotopic (exact) mass is 127 g/mol. The smallest absolute Gasteiger partial charge is 0.131 e. The van der Waals surface area contributed by atoms with Crippen molar-refractivity contribution >= 4 is 0 Å². The highest BCUT2D eigenvalue weighted by Crippen LogP contribution is 1.97. The zero-order valence-corrected chi connectivity index (χ0v) is 5.34. The first-order valence-corrected chi connectivity index (χ1v) is 3.08. The van der Waals surface area contributed by atoms with Gasteiger partial charge in [-0.2, -0.15) is 0 Å². The molecule has 1 radical (unpaired) electrons. The van der Waals surface area contributed by atoms with Gasteiger partial charge in [-0.1, -0.05) is 18.5 Å². The lowest BCUT2D eigenvalue weighted by atomic mass is 10.3. The summed E-state index contributed by atoms with van der Waals surface area (Å²) < 4.78 is 0. The molecule has 0 saturated carbocycles. The Morgan fingerprint density at radius 2 is 2.56 bits per heavy atom. The van der Waals surface area contributed by atoms with E-state index in [0.29, 0.717) is 0 Å². The van der Waals surface area contributed by atoms with Crippen LogP contribution in [0.5, 0.6) is 0 Å². The largest absolute Gasteiger partial charge is 0.393 e. The minimum Gasteiger partial charge on any atom is -0.393 e. The fourth-order valence-electron chi connectivity index (χ4n) is 0.621. The molecule has 1 aliphatic rings. The summed E-state index contributed by atoms with van der Waals surface area (Å²) in [4.78, 5) is 4.97. The topological polar surface area (TPSA) is 24.5 Å². The van der Waals surface area contributed by atoms with E-state index in [1.807, 2.05) is 0 Å². The summed E-state index contributed by atoms with van der Waals surface area (Å²) in [6.45, 7) is 4.60. The maximum atomic E-state index is 4.97. The van der Waals surface area contributed by atoms with Gasteiger partial charge >= 0.3 is 0 Å².